The summed E-state index contributed by atoms with van der Waals surface area (Å²) in [7, 11) is -2.59. The lowest BCUT2D eigenvalue weighted by Gasteiger charge is -2.23. The van der Waals surface area contributed by atoms with Crippen molar-refractivity contribution in [2.24, 2.45) is 5.92 Å². The summed E-state index contributed by atoms with van der Waals surface area (Å²) in [5.74, 6) is 0.0655. The van der Waals surface area contributed by atoms with Crippen molar-refractivity contribution in [3.05, 3.63) is 0 Å². The summed E-state index contributed by atoms with van der Waals surface area (Å²) in [5.41, 5.74) is 3.26. The largest absolute Gasteiger partial charge is 0.756 e. The van der Waals surface area contributed by atoms with Crippen molar-refractivity contribution in [2.45, 2.75) is 13.3 Å². The Balaban J connectivity index is 3.83. The van der Waals surface area contributed by atoms with Crippen LogP contribution >= 0.6 is 7.82 Å². The minimum absolute atomic E-state index is 0.0655. The molecule has 0 aliphatic rings. The third-order valence-electron chi connectivity index (χ3n) is 1.70. The van der Waals surface area contributed by atoms with E-state index in [2.05, 4.69) is 14.8 Å². The van der Waals surface area contributed by atoms with E-state index in [4.69, 9.17) is 4.74 Å². The van der Waals surface area contributed by atoms with E-state index in [1.54, 1.807) is 7.11 Å². The van der Waals surface area contributed by atoms with E-state index < -0.39 is 7.82 Å². The first-order valence-corrected chi connectivity index (χ1v) is 5.90. The van der Waals surface area contributed by atoms with E-state index in [-0.39, 0.29) is 19.3 Å². The summed E-state index contributed by atoms with van der Waals surface area (Å²) in [6.07, 6.45) is 0.790. The fourth-order valence-corrected chi connectivity index (χ4v) is 1.56. The van der Waals surface area contributed by atoms with Gasteiger partial charge in [-0.05, 0) is 6.42 Å². The van der Waals surface area contributed by atoms with Crippen molar-refractivity contribution in [2.75, 3.05) is 27.1 Å². The maximum Gasteiger partial charge on any atom is 0.272 e. The van der Waals surface area contributed by atoms with Gasteiger partial charge in [0.15, 0.2) is 6.73 Å². The Morgan fingerprint density at radius 3 is 2.50 bits per heavy atom. The van der Waals surface area contributed by atoms with Crippen LogP contribution in [0.5, 0.6) is 0 Å². The zero-order valence-corrected chi connectivity index (χ0v) is 9.50. The molecule has 2 unspecified atom stereocenters. The van der Waals surface area contributed by atoms with Crippen molar-refractivity contribution in [3.63, 3.8) is 0 Å². The maximum atomic E-state index is 11.0. The number of methoxy groups -OCH3 is 1. The first-order valence-electron chi connectivity index (χ1n) is 4.44. The Kier molecular flexibility index (Phi) is 7.35. The average Bonchev–Trinajstić information content (AvgIpc) is 2.12. The molecule has 0 saturated carbocycles. The van der Waals surface area contributed by atoms with E-state index in [1.165, 1.54) is 0 Å². The number of ether oxygens (including phenoxy) is 1. The second kappa shape index (κ2) is 7.34. The van der Waals surface area contributed by atoms with E-state index in [1.807, 2.05) is 6.92 Å². The molecule has 0 saturated heterocycles. The van der Waals surface area contributed by atoms with Crippen LogP contribution in [0.4, 0.5) is 0 Å². The van der Waals surface area contributed by atoms with Crippen LogP contribution in [-0.2, 0) is 18.3 Å². The molecule has 0 fully saturated rings. The standard InChI is InChI=1S/C7H18NO5P/c1-3-7(4-11-2)5-12-14(9,10)13-6-8/h7H,3-6,8H2,1-2H3,(H,9,10). The van der Waals surface area contributed by atoms with E-state index >= 15 is 0 Å². The number of quaternary nitrogens is 1. The lowest BCUT2D eigenvalue weighted by atomic mass is 10.1. The van der Waals surface area contributed by atoms with Gasteiger partial charge in [-0.3, -0.25) is 9.09 Å². The first kappa shape index (κ1) is 14.0. The molecule has 7 heteroatoms. The van der Waals surface area contributed by atoms with Crippen molar-refractivity contribution >= 4 is 7.82 Å². The third-order valence-corrected chi connectivity index (χ3v) is 2.66. The number of hydrogen-bond donors (Lipinski definition) is 1. The highest BCUT2D eigenvalue weighted by atomic mass is 31.2. The Morgan fingerprint density at radius 2 is 2.07 bits per heavy atom. The van der Waals surface area contributed by atoms with Crippen LogP contribution in [0.3, 0.4) is 0 Å². The van der Waals surface area contributed by atoms with Crippen molar-refractivity contribution in [1.29, 1.82) is 0 Å². The molecule has 2 atom stereocenters. The predicted molar refractivity (Wildman–Crippen MR) is 48.1 cm³/mol. The SMILES string of the molecule is CCC(COC)COP(=O)([O-])OC[NH3+]. The molecule has 0 amide bonds. The predicted octanol–water partition coefficient (Wildman–Crippen LogP) is -0.640. The van der Waals surface area contributed by atoms with Crippen molar-refractivity contribution in [1.82, 2.24) is 0 Å². The minimum atomic E-state index is -4.15. The summed E-state index contributed by atoms with van der Waals surface area (Å²) in [4.78, 5) is 11.0. The number of hydrogen-bond acceptors (Lipinski definition) is 5. The molecule has 0 spiro atoms. The van der Waals surface area contributed by atoms with Gasteiger partial charge in [-0.25, -0.2) is 0 Å². The van der Waals surface area contributed by atoms with Crippen LogP contribution in [0.25, 0.3) is 0 Å². The van der Waals surface area contributed by atoms with Crippen LogP contribution in [0.1, 0.15) is 13.3 Å². The molecule has 14 heavy (non-hydrogen) atoms. The Hall–Kier alpha value is 0.0300. The fraction of sp³-hybridized carbons (Fsp3) is 1.00. The number of phosphoric ester groups is 1. The zero-order chi connectivity index (χ0) is 11.0. The summed E-state index contributed by atoms with van der Waals surface area (Å²) in [6, 6.07) is 0. The summed E-state index contributed by atoms with van der Waals surface area (Å²) in [6.45, 7) is 2.35. The molecule has 86 valence electrons. The quantitative estimate of drug-likeness (QED) is 0.439. The van der Waals surface area contributed by atoms with Crippen molar-refractivity contribution in [3.8, 4) is 0 Å². The van der Waals surface area contributed by atoms with Crippen LogP contribution in [0.2, 0.25) is 0 Å². The smallest absolute Gasteiger partial charge is 0.272 e. The lowest BCUT2D eigenvalue weighted by molar-refractivity contribution is -0.422. The summed E-state index contributed by atoms with van der Waals surface area (Å²) >= 11 is 0. The molecular weight excluding hydrogens is 209 g/mol. The Bertz CT molecular complexity index is 189. The van der Waals surface area contributed by atoms with Crippen LogP contribution < -0.4 is 10.6 Å². The molecule has 0 aliphatic heterocycles. The van der Waals surface area contributed by atoms with Gasteiger partial charge in [-0.15, -0.1) is 0 Å². The molecule has 6 nitrogen and oxygen atoms in total. The van der Waals surface area contributed by atoms with Gasteiger partial charge in [0.2, 0.25) is 0 Å². The van der Waals surface area contributed by atoms with E-state index in [9.17, 15) is 9.46 Å². The Labute approximate surface area is 84.0 Å². The maximum absolute atomic E-state index is 11.0. The molecule has 0 rings (SSSR count). The molecule has 0 aromatic rings. The number of phosphoric acid groups is 1. The molecule has 0 radical (unpaired) electrons. The van der Waals surface area contributed by atoms with Gasteiger partial charge in [0, 0.05) is 13.0 Å². The average molecular weight is 227 g/mol. The number of rotatable bonds is 8. The van der Waals surface area contributed by atoms with E-state index in [0.717, 1.165) is 6.42 Å². The van der Waals surface area contributed by atoms with Crippen molar-refractivity contribution < 1.29 is 29.0 Å². The van der Waals surface area contributed by atoms with Crippen LogP contribution in [0, 0.1) is 5.92 Å². The molecule has 0 heterocycles. The van der Waals surface area contributed by atoms with Gasteiger partial charge in [0.05, 0.1) is 13.2 Å². The highest BCUT2D eigenvalue weighted by molar-refractivity contribution is 7.45. The van der Waals surface area contributed by atoms with Gasteiger partial charge >= 0.3 is 0 Å². The molecule has 0 aliphatic carbocycles. The highest BCUT2D eigenvalue weighted by Crippen LogP contribution is 2.37. The van der Waals surface area contributed by atoms with Gasteiger partial charge in [0.1, 0.15) is 0 Å². The van der Waals surface area contributed by atoms with Gasteiger partial charge < -0.3 is 19.9 Å². The second-order valence-electron chi connectivity index (χ2n) is 2.81. The summed E-state index contributed by atoms with van der Waals surface area (Å²) in [5, 5.41) is 0. The molecule has 0 bridgehead atoms. The zero-order valence-electron chi connectivity index (χ0n) is 8.60. The van der Waals surface area contributed by atoms with Crippen LogP contribution in [0.15, 0.2) is 0 Å². The van der Waals surface area contributed by atoms with Crippen LogP contribution in [-0.4, -0.2) is 27.1 Å². The minimum Gasteiger partial charge on any atom is -0.756 e. The Morgan fingerprint density at radius 1 is 1.43 bits per heavy atom. The molecule has 3 N–H and O–H groups in total. The second-order valence-corrected chi connectivity index (χ2v) is 4.22. The van der Waals surface area contributed by atoms with Gasteiger partial charge in [-0.1, -0.05) is 6.92 Å². The van der Waals surface area contributed by atoms with Gasteiger partial charge in [0.25, 0.3) is 7.82 Å². The lowest BCUT2D eigenvalue weighted by Crippen LogP contribution is -2.51. The monoisotopic (exact) mass is 227 g/mol. The summed E-state index contributed by atoms with van der Waals surface area (Å²) < 4.78 is 24.8. The molecular formula is C7H18NO5P. The fourth-order valence-electron chi connectivity index (χ4n) is 0.865. The molecule has 0 aromatic carbocycles. The normalized spacial score (nSPS) is 17.7. The highest BCUT2D eigenvalue weighted by Gasteiger charge is 2.13. The topological polar surface area (TPSA) is 95.5 Å². The molecule has 0 aromatic heterocycles. The first-order chi connectivity index (χ1) is 6.55. The van der Waals surface area contributed by atoms with E-state index in [0.29, 0.717) is 6.61 Å². The third kappa shape index (κ3) is 6.48. The van der Waals surface area contributed by atoms with Gasteiger partial charge in [-0.2, -0.15) is 0 Å².